The zero-order valence-corrected chi connectivity index (χ0v) is 7.91. The average molecular weight is 183 g/mol. The topological polar surface area (TPSA) is 40.5 Å². The zero-order valence-electron chi connectivity index (χ0n) is 7.91. The van der Waals surface area contributed by atoms with Crippen LogP contribution in [-0.2, 0) is 0 Å². The summed E-state index contributed by atoms with van der Waals surface area (Å²) in [6.07, 6.45) is 5.37. The first-order valence-electron chi connectivity index (χ1n) is 4.83. The molecule has 0 aromatic carbocycles. The van der Waals surface area contributed by atoms with Crippen molar-refractivity contribution in [1.29, 1.82) is 0 Å². The molecule has 1 saturated heterocycles. The molecule has 1 rings (SSSR count). The summed E-state index contributed by atoms with van der Waals surface area (Å²) in [4.78, 5) is 12.2. The van der Waals surface area contributed by atoms with E-state index in [1.165, 1.54) is 4.90 Å². The molecule has 3 heteroatoms. The summed E-state index contributed by atoms with van der Waals surface area (Å²) in [5, 5.41) is 8.79. The Labute approximate surface area is 79.0 Å². The second-order valence-electron chi connectivity index (χ2n) is 3.60. The zero-order chi connectivity index (χ0) is 9.68. The Morgan fingerprint density at radius 2 is 2.46 bits per heavy atom. The number of likely N-dealkylation sites (tertiary alicyclic amines) is 1. The molecule has 1 aliphatic heterocycles. The van der Waals surface area contributed by atoms with Gasteiger partial charge < -0.3 is 10.0 Å². The van der Waals surface area contributed by atoms with Crippen LogP contribution in [0.4, 0.5) is 4.79 Å². The largest absolute Gasteiger partial charge is 0.465 e. The lowest BCUT2D eigenvalue weighted by molar-refractivity contribution is 0.118. The lowest BCUT2D eigenvalue weighted by atomic mass is 9.94. The summed E-state index contributed by atoms with van der Waals surface area (Å²) in [5.74, 6) is 0.544. The lowest BCUT2D eigenvalue weighted by Crippen LogP contribution is -2.38. The van der Waals surface area contributed by atoms with Crippen LogP contribution in [0.3, 0.4) is 0 Å². The number of carboxylic acid groups (broad SMARTS) is 1. The fourth-order valence-electron chi connectivity index (χ4n) is 1.83. The molecule has 1 unspecified atom stereocenters. The van der Waals surface area contributed by atoms with E-state index >= 15 is 0 Å². The predicted octanol–water partition coefficient (Wildman–Crippen LogP) is 2.34. The van der Waals surface area contributed by atoms with Crippen LogP contribution in [0.15, 0.2) is 12.7 Å². The number of piperidine rings is 1. The van der Waals surface area contributed by atoms with E-state index in [1.807, 2.05) is 6.08 Å². The molecule has 13 heavy (non-hydrogen) atoms. The Morgan fingerprint density at radius 3 is 3.08 bits per heavy atom. The fraction of sp³-hybridized carbons (Fsp3) is 0.700. The van der Waals surface area contributed by atoms with Gasteiger partial charge in [0.25, 0.3) is 0 Å². The number of hydrogen-bond acceptors (Lipinski definition) is 1. The molecule has 0 bridgehead atoms. The quantitative estimate of drug-likeness (QED) is 0.682. The summed E-state index contributed by atoms with van der Waals surface area (Å²) >= 11 is 0. The third-order valence-electron chi connectivity index (χ3n) is 2.57. The normalized spacial score (nSPS) is 22.8. The van der Waals surface area contributed by atoms with Crippen molar-refractivity contribution in [2.24, 2.45) is 5.92 Å². The maximum absolute atomic E-state index is 10.7. The smallest absolute Gasteiger partial charge is 0.407 e. The molecule has 0 saturated carbocycles. The monoisotopic (exact) mass is 183 g/mol. The Hall–Kier alpha value is -0.990. The first-order chi connectivity index (χ1) is 6.24. The second-order valence-corrected chi connectivity index (χ2v) is 3.60. The van der Waals surface area contributed by atoms with Crippen LogP contribution >= 0.6 is 0 Å². The van der Waals surface area contributed by atoms with Crippen molar-refractivity contribution in [2.45, 2.75) is 25.7 Å². The summed E-state index contributed by atoms with van der Waals surface area (Å²) in [7, 11) is 0. The standard InChI is InChI=1S/C10H17NO2/c1-2-3-5-9-6-4-7-11(8-9)10(12)13/h2,9H,1,3-8H2,(H,12,13). The minimum atomic E-state index is -0.775. The van der Waals surface area contributed by atoms with Gasteiger partial charge in [0.1, 0.15) is 0 Å². The fourth-order valence-corrected chi connectivity index (χ4v) is 1.83. The molecular weight excluding hydrogens is 166 g/mol. The number of allylic oxidation sites excluding steroid dienone is 1. The van der Waals surface area contributed by atoms with E-state index in [4.69, 9.17) is 5.11 Å². The molecule has 1 fully saturated rings. The van der Waals surface area contributed by atoms with E-state index in [1.54, 1.807) is 0 Å². The van der Waals surface area contributed by atoms with Crippen LogP contribution < -0.4 is 0 Å². The van der Waals surface area contributed by atoms with Gasteiger partial charge >= 0.3 is 6.09 Å². The van der Waals surface area contributed by atoms with Gasteiger partial charge in [-0.05, 0) is 31.6 Å². The van der Waals surface area contributed by atoms with Gasteiger partial charge in [0.05, 0.1) is 0 Å². The van der Waals surface area contributed by atoms with Crippen molar-refractivity contribution in [2.75, 3.05) is 13.1 Å². The van der Waals surface area contributed by atoms with Crippen molar-refractivity contribution >= 4 is 6.09 Å². The first-order valence-corrected chi connectivity index (χ1v) is 4.83. The Bertz CT molecular complexity index is 191. The van der Waals surface area contributed by atoms with E-state index in [0.29, 0.717) is 19.0 Å². The van der Waals surface area contributed by atoms with Crippen molar-refractivity contribution < 1.29 is 9.90 Å². The molecule has 1 heterocycles. The molecule has 0 aliphatic carbocycles. The number of carbonyl (C=O) groups is 1. The SMILES string of the molecule is C=CCCC1CCCN(C(=O)O)C1. The maximum Gasteiger partial charge on any atom is 0.407 e. The molecule has 0 radical (unpaired) electrons. The summed E-state index contributed by atoms with van der Waals surface area (Å²) in [6.45, 7) is 5.09. The highest BCUT2D eigenvalue weighted by Crippen LogP contribution is 2.20. The molecule has 74 valence electrons. The van der Waals surface area contributed by atoms with Gasteiger partial charge in [-0.3, -0.25) is 0 Å². The van der Waals surface area contributed by atoms with Gasteiger partial charge in [-0.2, -0.15) is 0 Å². The Kier molecular flexibility index (Phi) is 3.80. The van der Waals surface area contributed by atoms with E-state index in [2.05, 4.69) is 6.58 Å². The lowest BCUT2D eigenvalue weighted by Gasteiger charge is -2.30. The molecule has 3 nitrogen and oxygen atoms in total. The van der Waals surface area contributed by atoms with Gasteiger partial charge in [-0.1, -0.05) is 6.08 Å². The molecule has 1 N–H and O–H groups in total. The van der Waals surface area contributed by atoms with Crippen molar-refractivity contribution in [3.63, 3.8) is 0 Å². The van der Waals surface area contributed by atoms with E-state index in [-0.39, 0.29) is 0 Å². The maximum atomic E-state index is 10.7. The van der Waals surface area contributed by atoms with Crippen LogP contribution in [0.25, 0.3) is 0 Å². The summed E-state index contributed by atoms with van der Waals surface area (Å²) in [6, 6.07) is 0. The Morgan fingerprint density at radius 1 is 1.69 bits per heavy atom. The van der Waals surface area contributed by atoms with Crippen LogP contribution in [0.1, 0.15) is 25.7 Å². The van der Waals surface area contributed by atoms with Crippen molar-refractivity contribution in [3.8, 4) is 0 Å². The average Bonchev–Trinajstić information content (AvgIpc) is 2.15. The highest BCUT2D eigenvalue weighted by molar-refractivity contribution is 5.65. The molecule has 1 amide bonds. The van der Waals surface area contributed by atoms with Gasteiger partial charge in [-0.25, -0.2) is 4.79 Å². The highest BCUT2D eigenvalue weighted by Gasteiger charge is 2.22. The van der Waals surface area contributed by atoms with E-state index in [0.717, 1.165) is 25.7 Å². The third kappa shape index (κ3) is 3.09. The van der Waals surface area contributed by atoms with Crippen molar-refractivity contribution in [3.05, 3.63) is 12.7 Å². The van der Waals surface area contributed by atoms with Gasteiger partial charge in [-0.15, -0.1) is 6.58 Å². The van der Waals surface area contributed by atoms with Gasteiger partial charge in [0.15, 0.2) is 0 Å². The van der Waals surface area contributed by atoms with E-state index in [9.17, 15) is 4.79 Å². The summed E-state index contributed by atoms with van der Waals surface area (Å²) in [5.41, 5.74) is 0. The molecule has 1 aliphatic rings. The van der Waals surface area contributed by atoms with Gasteiger partial charge in [0.2, 0.25) is 0 Å². The molecule has 0 aromatic rings. The third-order valence-corrected chi connectivity index (χ3v) is 2.57. The minimum Gasteiger partial charge on any atom is -0.465 e. The molecular formula is C10H17NO2. The van der Waals surface area contributed by atoms with Crippen LogP contribution in [0, 0.1) is 5.92 Å². The van der Waals surface area contributed by atoms with Crippen LogP contribution in [0.2, 0.25) is 0 Å². The van der Waals surface area contributed by atoms with Crippen LogP contribution in [-0.4, -0.2) is 29.2 Å². The number of rotatable bonds is 3. The number of nitrogens with zero attached hydrogens (tertiary/aromatic N) is 1. The van der Waals surface area contributed by atoms with E-state index < -0.39 is 6.09 Å². The first kappa shape index (κ1) is 10.1. The Balaban J connectivity index is 2.32. The van der Waals surface area contributed by atoms with Crippen molar-refractivity contribution in [1.82, 2.24) is 4.90 Å². The minimum absolute atomic E-state index is 0.544. The highest BCUT2D eigenvalue weighted by atomic mass is 16.4. The number of hydrogen-bond donors (Lipinski definition) is 1. The van der Waals surface area contributed by atoms with Gasteiger partial charge in [0, 0.05) is 13.1 Å². The molecule has 1 atom stereocenters. The predicted molar refractivity (Wildman–Crippen MR) is 51.8 cm³/mol. The molecule has 0 spiro atoms. The molecule has 0 aromatic heterocycles. The second kappa shape index (κ2) is 4.90. The van der Waals surface area contributed by atoms with Crippen LogP contribution in [0.5, 0.6) is 0 Å². The summed E-state index contributed by atoms with van der Waals surface area (Å²) < 4.78 is 0. The number of amides is 1.